The van der Waals surface area contributed by atoms with E-state index in [0.29, 0.717) is 0 Å². The third kappa shape index (κ3) is 5.72. The summed E-state index contributed by atoms with van der Waals surface area (Å²) < 4.78 is 0. The van der Waals surface area contributed by atoms with E-state index in [0.717, 1.165) is 12.3 Å². The molecule has 1 unspecified atom stereocenters. The van der Waals surface area contributed by atoms with Crippen LogP contribution in [0.2, 0.25) is 0 Å². The number of benzene rings is 1. The minimum absolute atomic E-state index is 0.752. The van der Waals surface area contributed by atoms with Crippen LogP contribution >= 0.6 is 0 Å². The van der Waals surface area contributed by atoms with Gasteiger partial charge in [-0.15, -0.1) is 6.58 Å². The van der Waals surface area contributed by atoms with E-state index in [2.05, 4.69) is 43.8 Å². The van der Waals surface area contributed by atoms with E-state index < -0.39 is 0 Å². The largest absolute Gasteiger partial charge is 0.103 e. The summed E-state index contributed by atoms with van der Waals surface area (Å²) in [6.07, 6.45) is 11.2. The van der Waals surface area contributed by atoms with Crippen LogP contribution in [0.1, 0.15) is 63.4 Å². The lowest BCUT2D eigenvalue weighted by Gasteiger charge is -2.17. The fraction of sp³-hybridized carbons (Fsp3) is 0.529. The van der Waals surface area contributed by atoms with Crippen LogP contribution in [0.4, 0.5) is 0 Å². The van der Waals surface area contributed by atoms with Gasteiger partial charge in [0.25, 0.3) is 0 Å². The smallest absolute Gasteiger partial charge is 0.0162 e. The lowest BCUT2D eigenvalue weighted by Crippen LogP contribution is -1.99. The zero-order valence-corrected chi connectivity index (χ0v) is 11.2. The van der Waals surface area contributed by atoms with Crippen molar-refractivity contribution in [3.05, 3.63) is 48.6 Å². The van der Waals surface area contributed by atoms with Gasteiger partial charge >= 0.3 is 0 Å². The van der Waals surface area contributed by atoms with Gasteiger partial charge in [-0.3, -0.25) is 0 Å². The Labute approximate surface area is 107 Å². The molecule has 0 nitrogen and oxygen atoms in total. The number of hydrogen-bond donors (Lipinski definition) is 0. The Bertz CT molecular complexity index is 286. The first-order chi connectivity index (χ1) is 8.38. The molecule has 0 aliphatic carbocycles. The van der Waals surface area contributed by atoms with E-state index in [-0.39, 0.29) is 0 Å². The monoisotopic (exact) mass is 230 g/mol. The molecule has 0 radical (unpaired) electrons. The van der Waals surface area contributed by atoms with Crippen LogP contribution in [-0.2, 0) is 0 Å². The van der Waals surface area contributed by atoms with E-state index in [1.54, 1.807) is 0 Å². The van der Waals surface area contributed by atoms with E-state index >= 15 is 0 Å². The van der Waals surface area contributed by atoms with Crippen LogP contribution in [-0.4, -0.2) is 0 Å². The Balaban J connectivity index is 2.49. The van der Waals surface area contributed by atoms with Crippen LogP contribution < -0.4 is 0 Å². The van der Waals surface area contributed by atoms with Crippen LogP contribution in [0.25, 0.3) is 0 Å². The number of rotatable bonds is 9. The molecule has 0 saturated carbocycles. The second kappa shape index (κ2) is 9.04. The van der Waals surface area contributed by atoms with Gasteiger partial charge in [0, 0.05) is 0 Å². The van der Waals surface area contributed by atoms with E-state index in [9.17, 15) is 0 Å². The Morgan fingerprint density at radius 2 is 1.76 bits per heavy atom. The standard InChI is InChI=1S/C17H26/c1-3-5-8-12-16(13-9-6-4-2)17-14-10-7-11-15-17/h3,7,10-11,14-16H,1,4-6,8-9,12-13H2,2H3. The molecule has 0 fully saturated rings. The maximum atomic E-state index is 3.81. The first-order valence-electron chi connectivity index (χ1n) is 7.04. The topological polar surface area (TPSA) is 0 Å². The molecule has 1 rings (SSSR count). The highest BCUT2D eigenvalue weighted by atomic mass is 14.1. The number of allylic oxidation sites excluding steroid dienone is 1. The Morgan fingerprint density at radius 1 is 1.06 bits per heavy atom. The third-order valence-corrected chi connectivity index (χ3v) is 3.39. The van der Waals surface area contributed by atoms with Crippen molar-refractivity contribution in [3.8, 4) is 0 Å². The summed E-state index contributed by atoms with van der Waals surface area (Å²) in [5.41, 5.74) is 1.52. The summed E-state index contributed by atoms with van der Waals surface area (Å²) in [7, 11) is 0. The van der Waals surface area contributed by atoms with Crippen molar-refractivity contribution in [1.82, 2.24) is 0 Å². The lowest BCUT2D eigenvalue weighted by atomic mass is 9.89. The molecule has 1 aromatic carbocycles. The van der Waals surface area contributed by atoms with Crippen LogP contribution in [0.5, 0.6) is 0 Å². The molecule has 0 heterocycles. The van der Waals surface area contributed by atoms with Gasteiger partial charge < -0.3 is 0 Å². The van der Waals surface area contributed by atoms with E-state index in [1.165, 1.54) is 44.1 Å². The van der Waals surface area contributed by atoms with Crippen molar-refractivity contribution in [3.63, 3.8) is 0 Å². The Hall–Kier alpha value is -1.04. The van der Waals surface area contributed by atoms with Gasteiger partial charge in [-0.05, 0) is 37.2 Å². The van der Waals surface area contributed by atoms with Gasteiger partial charge in [0.05, 0.1) is 0 Å². The second-order valence-electron chi connectivity index (χ2n) is 4.82. The molecule has 0 N–H and O–H groups in total. The van der Waals surface area contributed by atoms with E-state index in [1.807, 2.05) is 6.08 Å². The van der Waals surface area contributed by atoms with Crippen molar-refractivity contribution < 1.29 is 0 Å². The van der Waals surface area contributed by atoms with Gasteiger partial charge in [-0.25, -0.2) is 0 Å². The molecule has 0 aliphatic heterocycles. The van der Waals surface area contributed by atoms with Gasteiger partial charge in [-0.1, -0.05) is 62.6 Å². The predicted octanol–water partition coefficient (Wildman–Crippen LogP) is 5.71. The Morgan fingerprint density at radius 3 is 2.41 bits per heavy atom. The van der Waals surface area contributed by atoms with Gasteiger partial charge in [0.15, 0.2) is 0 Å². The second-order valence-corrected chi connectivity index (χ2v) is 4.82. The molecule has 94 valence electrons. The Kier molecular flexibility index (Phi) is 7.46. The highest BCUT2D eigenvalue weighted by Crippen LogP contribution is 2.27. The summed E-state index contributed by atoms with van der Waals surface area (Å²) in [5.74, 6) is 0.752. The van der Waals surface area contributed by atoms with Gasteiger partial charge in [0.2, 0.25) is 0 Å². The van der Waals surface area contributed by atoms with E-state index in [4.69, 9.17) is 0 Å². The minimum atomic E-state index is 0.752. The van der Waals surface area contributed by atoms with Crippen LogP contribution in [0.3, 0.4) is 0 Å². The van der Waals surface area contributed by atoms with Crippen molar-refractivity contribution in [2.75, 3.05) is 0 Å². The minimum Gasteiger partial charge on any atom is -0.103 e. The highest BCUT2D eigenvalue weighted by molar-refractivity contribution is 5.19. The zero-order valence-electron chi connectivity index (χ0n) is 11.2. The molecule has 0 amide bonds. The van der Waals surface area contributed by atoms with Gasteiger partial charge in [-0.2, -0.15) is 0 Å². The molecule has 0 bridgehead atoms. The van der Waals surface area contributed by atoms with Crippen molar-refractivity contribution in [1.29, 1.82) is 0 Å². The fourth-order valence-corrected chi connectivity index (χ4v) is 2.35. The average Bonchev–Trinajstić information content (AvgIpc) is 2.38. The zero-order chi connectivity index (χ0) is 12.3. The highest BCUT2D eigenvalue weighted by Gasteiger charge is 2.09. The summed E-state index contributed by atoms with van der Waals surface area (Å²) >= 11 is 0. The molecule has 0 spiro atoms. The predicted molar refractivity (Wildman–Crippen MR) is 77.4 cm³/mol. The molecular weight excluding hydrogens is 204 g/mol. The number of hydrogen-bond acceptors (Lipinski definition) is 0. The SMILES string of the molecule is C=CCCCC(CCCCC)c1ccccc1. The lowest BCUT2D eigenvalue weighted by molar-refractivity contribution is 0.520. The summed E-state index contributed by atoms with van der Waals surface area (Å²) in [6, 6.07) is 11.0. The van der Waals surface area contributed by atoms with Gasteiger partial charge in [0.1, 0.15) is 0 Å². The first-order valence-corrected chi connectivity index (χ1v) is 7.04. The molecule has 1 atom stereocenters. The fourth-order valence-electron chi connectivity index (χ4n) is 2.35. The molecule has 0 aromatic heterocycles. The van der Waals surface area contributed by atoms with Crippen LogP contribution in [0, 0.1) is 0 Å². The number of unbranched alkanes of at least 4 members (excludes halogenated alkanes) is 3. The maximum absolute atomic E-state index is 3.81. The first kappa shape index (κ1) is 14.0. The third-order valence-electron chi connectivity index (χ3n) is 3.39. The normalized spacial score (nSPS) is 12.3. The summed E-state index contributed by atoms with van der Waals surface area (Å²) in [6.45, 7) is 6.08. The summed E-state index contributed by atoms with van der Waals surface area (Å²) in [4.78, 5) is 0. The quantitative estimate of drug-likeness (QED) is 0.376. The van der Waals surface area contributed by atoms with Crippen molar-refractivity contribution in [2.24, 2.45) is 0 Å². The average molecular weight is 230 g/mol. The molecule has 0 heteroatoms. The van der Waals surface area contributed by atoms with Crippen LogP contribution in [0.15, 0.2) is 43.0 Å². The molecular formula is C17H26. The van der Waals surface area contributed by atoms with Crippen molar-refractivity contribution >= 4 is 0 Å². The molecule has 0 aliphatic rings. The maximum Gasteiger partial charge on any atom is -0.0162 e. The molecule has 0 saturated heterocycles. The summed E-state index contributed by atoms with van der Waals surface area (Å²) in [5, 5.41) is 0. The molecule has 1 aromatic rings. The van der Waals surface area contributed by atoms with Crippen molar-refractivity contribution in [2.45, 2.75) is 57.8 Å². The molecule has 17 heavy (non-hydrogen) atoms.